The summed E-state index contributed by atoms with van der Waals surface area (Å²) in [5, 5.41) is 0. The van der Waals surface area contributed by atoms with Gasteiger partial charge in [0, 0.05) is 10.4 Å². The minimum Gasteiger partial charge on any atom is -0.463 e. The minimum absolute atomic E-state index is 0.283. The molecule has 0 radical (unpaired) electrons. The van der Waals surface area contributed by atoms with Gasteiger partial charge in [-0.3, -0.25) is 9.71 Å². The molecule has 0 aliphatic carbocycles. The molecule has 0 aliphatic rings. The van der Waals surface area contributed by atoms with Crippen LogP contribution in [0.15, 0.2) is 82.4 Å². The SMILES string of the molecule is CCOC(=O)c1cc(-c2ccccc2)sc1-c1coc(C=Nc2cccc(NS(C)(=O)=O)c2)c1. The van der Waals surface area contributed by atoms with Crippen LogP contribution >= 0.6 is 11.3 Å². The fraction of sp³-hybridized carbons (Fsp3) is 0.120. The molecule has 9 heteroatoms. The molecule has 34 heavy (non-hydrogen) atoms. The Labute approximate surface area is 201 Å². The highest BCUT2D eigenvalue weighted by Crippen LogP contribution is 2.39. The number of ether oxygens (including phenoxy) is 1. The highest BCUT2D eigenvalue weighted by Gasteiger charge is 2.20. The maximum Gasteiger partial charge on any atom is 0.339 e. The summed E-state index contributed by atoms with van der Waals surface area (Å²) in [4.78, 5) is 18.7. The number of aliphatic imine (C=N–C) groups is 1. The van der Waals surface area contributed by atoms with Crippen LogP contribution < -0.4 is 4.72 Å². The number of esters is 1. The number of sulfonamides is 1. The molecule has 2 heterocycles. The van der Waals surface area contributed by atoms with E-state index < -0.39 is 10.0 Å². The second-order valence-electron chi connectivity index (χ2n) is 7.36. The van der Waals surface area contributed by atoms with Gasteiger partial charge in [0.1, 0.15) is 5.76 Å². The molecule has 4 rings (SSSR count). The van der Waals surface area contributed by atoms with Crippen LogP contribution in [-0.4, -0.2) is 33.5 Å². The molecule has 0 aliphatic heterocycles. The lowest BCUT2D eigenvalue weighted by molar-refractivity contribution is 0.0528. The number of nitrogens with zero attached hydrogens (tertiary/aromatic N) is 1. The number of hydrogen-bond donors (Lipinski definition) is 1. The minimum atomic E-state index is -3.38. The van der Waals surface area contributed by atoms with E-state index in [1.165, 1.54) is 11.3 Å². The predicted octanol–water partition coefficient (Wildman–Crippen LogP) is 5.97. The van der Waals surface area contributed by atoms with Gasteiger partial charge in [-0.15, -0.1) is 11.3 Å². The molecule has 0 saturated heterocycles. The Hall–Kier alpha value is -3.69. The first-order chi connectivity index (χ1) is 16.3. The topological polar surface area (TPSA) is 98.0 Å². The molecule has 0 atom stereocenters. The monoisotopic (exact) mass is 494 g/mol. The molecule has 0 amide bonds. The number of anilines is 1. The normalized spacial score (nSPS) is 11.6. The first-order valence-electron chi connectivity index (χ1n) is 10.4. The molecule has 174 valence electrons. The number of nitrogens with one attached hydrogen (secondary N) is 1. The molecule has 0 fully saturated rings. The Morgan fingerprint density at radius 3 is 2.62 bits per heavy atom. The molecule has 0 unspecified atom stereocenters. The van der Waals surface area contributed by atoms with Crippen molar-refractivity contribution in [1.29, 1.82) is 0 Å². The summed E-state index contributed by atoms with van der Waals surface area (Å²) >= 11 is 1.48. The number of hydrogen-bond acceptors (Lipinski definition) is 7. The first kappa shape index (κ1) is 23.5. The molecule has 7 nitrogen and oxygen atoms in total. The molecule has 2 aromatic heterocycles. The predicted molar refractivity (Wildman–Crippen MR) is 136 cm³/mol. The van der Waals surface area contributed by atoms with E-state index in [1.54, 1.807) is 49.7 Å². The average molecular weight is 495 g/mol. The molecule has 4 aromatic rings. The van der Waals surface area contributed by atoms with Crippen molar-refractivity contribution in [3.63, 3.8) is 0 Å². The van der Waals surface area contributed by atoms with E-state index in [-0.39, 0.29) is 12.6 Å². The molecule has 0 saturated carbocycles. The van der Waals surface area contributed by atoms with Gasteiger partial charge in [-0.25, -0.2) is 13.2 Å². The number of carbonyl (C=O) groups excluding carboxylic acids is 1. The second kappa shape index (κ2) is 10.1. The van der Waals surface area contributed by atoms with Crippen molar-refractivity contribution in [1.82, 2.24) is 0 Å². The number of thiophene rings is 1. The van der Waals surface area contributed by atoms with Gasteiger partial charge in [0.25, 0.3) is 0 Å². The molecule has 2 aromatic carbocycles. The summed E-state index contributed by atoms with van der Waals surface area (Å²) in [6, 6.07) is 20.2. The Morgan fingerprint density at radius 1 is 1.09 bits per heavy atom. The van der Waals surface area contributed by atoms with Crippen LogP contribution in [0, 0.1) is 0 Å². The Morgan fingerprint density at radius 2 is 1.88 bits per heavy atom. The van der Waals surface area contributed by atoms with Gasteiger partial charge in [0.15, 0.2) is 0 Å². The van der Waals surface area contributed by atoms with E-state index in [0.717, 1.165) is 27.1 Å². The van der Waals surface area contributed by atoms with Crippen LogP contribution in [0.2, 0.25) is 0 Å². The Balaban J connectivity index is 1.62. The molecular formula is C25H22N2O5S2. The Bertz CT molecular complexity index is 1440. The Kier molecular flexibility index (Phi) is 6.95. The van der Waals surface area contributed by atoms with Gasteiger partial charge < -0.3 is 9.15 Å². The van der Waals surface area contributed by atoms with E-state index in [4.69, 9.17) is 9.15 Å². The smallest absolute Gasteiger partial charge is 0.339 e. The summed E-state index contributed by atoms with van der Waals surface area (Å²) in [7, 11) is -3.38. The zero-order valence-corrected chi connectivity index (χ0v) is 20.2. The van der Waals surface area contributed by atoms with Crippen molar-refractivity contribution in [2.75, 3.05) is 17.6 Å². The lowest BCUT2D eigenvalue weighted by atomic mass is 10.1. The summed E-state index contributed by atoms with van der Waals surface area (Å²) in [6.45, 7) is 2.06. The van der Waals surface area contributed by atoms with Crippen molar-refractivity contribution in [2.45, 2.75) is 6.92 Å². The average Bonchev–Trinajstić information content (AvgIpc) is 3.45. The lowest BCUT2D eigenvalue weighted by Crippen LogP contribution is -2.09. The number of benzene rings is 2. The summed E-state index contributed by atoms with van der Waals surface area (Å²) < 4.78 is 36.2. The third-order valence-corrected chi connectivity index (χ3v) is 6.50. The van der Waals surface area contributed by atoms with Crippen LogP contribution in [0.3, 0.4) is 0 Å². The van der Waals surface area contributed by atoms with Crippen molar-refractivity contribution in [2.24, 2.45) is 4.99 Å². The van der Waals surface area contributed by atoms with Gasteiger partial charge in [0.05, 0.1) is 47.2 Å². The van der Waals surface area contributed by atoms with Gasteiger partial charge in [-0.05, 0) is 42.8 Å². The molecule has 0 spiro atoms. The summed E-state index contributed by atoms with van der Waals surface area (Å²) in [6.07, 6.45) is 4.21. The van der Waals surface area contributed by atoms with E-state index in [2.05, 4.69) is 9.71 Å². The van der Waals surface area contributed by atoms with Crippen LogP contribution in [0.1, 0.15) is 23.0 Å². The van der Waals surface area contributed by atoms with Crippen LogP contribution in [-0.2, 0) is 14.8 Å². The van der Waals surface area contributed by atoms with Crippen molar-refractivity contribution in [3.8, 4) is 20.9 Å². The van der Waals surface area contributed by atoms with Crippen LogP contribution in [0.4, 0.5) is 11.4 Å². The van der Waals surface area contributed by atoms with Gasteiger partial charge in [-0.2, -0.15) is 0 Å². The van der Waals surface area contributed by atoms with E-state index in [0.29, 0.717) is 22.7 Å². The molecular weight excluding hydrogens is 472 g/mol. The first-order valence-corrected chi connectivity index (χ1v) is 13.1. The van der Waals surface area contributed by atoms with Crippen molar-refractivity contribution < 1.29 is 22.4 Å². The zero-order valence-electron chi connectivity index (χ0n) is 18.5. The van der Waals surface area contributed by atoms with Crippen LogP contribution in [0.5, 0.6) is 0 Å². The van der Waals surface area contributed by atoms with Crippen molar-refractivity contribution >= 4 is 44.9 Å². The largest absolute Gasteiger partial charge is 0.463 e. The van der Waals surface area contributed by atoms with Crippen molar-refractivity contribution in [3.05, 3.63) is 84.3 Å². The third-order valence-electron chi connectivity index (χ3n) is 4.66. The summed E-state index contributed by atoms with van der Waals surface area (Å²) in [5.74, 6) is 0.100. The number of carbonyl (C=O) groups is 1. The lowest BCUT2D eigenvalue weighted by Gasteiger charge is -2.03. The fourth-order valence-electron chi connectivity index (χ4n) is 3.25. The molecule has 0 bridgehead atoms. The number of rotatable bonds is 8. The maximum atomic E-state index is 12.6. The van der Waals surface area contributed by atoms with E-state index in [1.807, 2.05) is 36.4 Å². The van der Waals surface area contributed by atoms with Gasteiger partial charge in [0.2, 0.25) is 10.0 Å². The standard InChI is InChI=1S/C25H22N2O5S2/c1-3-31-25(28)22-14-23(17-8-5-4-6-9-17)33-24(22)18-12-21(32-16-18)15-26-19-10-7-11-20(13-19)27-34(2,29)30/h4-16,27H,3H2,1-2H3. The van der Waals surface area contributed by atoms with Crippen LogP contribution in [0.25, 0.3) is 20.9 Å². The zero-order chi connectivity index (χ0) is 24.1. The number of furan rings is 1. The third kappa shape index (κ3) is 5.81. The highest BCUT2D eigenvalue weighted by atomic mass is 32.2. The maximum absolute atomic E-state index is 12.6. The van der Waals surface area contributed by atoms with E-state index >= 15 is 0 Å². The van der Waals surface area contributed by atoms with E-state index in [9.17, 15) is 13.2 Å². The summed E-state index contributed by atoms with van der Waals surface area (Å²) in [5.41, 5.74) is 3.21. The quantitative estimate of drug-likeness (QED) is 0.240. The molecule has 1 N–H and O–H groups in total. The van der Waals surface area contributed by atoms with Gasteiger partial charge >= 0.3 is 5.97 Å². The second-order valence-corrected chi connectivity index (χ2v) is 10.2. The van der Waals surface area contributed by atoms with Gasteiger partial charge in [-0.1, -0.05) is 36.4 Å². The fourth-order valence-corrected chi connectivity index (χ4v) is 4.93. The highest BCUT2D eigenvalue weighted by molar-refractivity contribution is 7.92.